The van der Waals surface area contributed by atoms with Crippen LogP contribution in [0.15, 0.2) is 23.1 Å². The van der Waals surface area contributed by atoms with Gasteiger partial charge in [0, 0.05) is 25.2 Å². The zero-order valence-corrected chi connectivity index (χ0v) is 12.7. The Morgan fingerprint density at radius 2 is 2.10 bits per heavy atom. The topological polar surface area (TPSA) is 73.2 Å². The lowest BCUT2D eigenvalue weighted by Gasteiger charge is -2.36. The zero-order chi connectivity index (χ0) is 14.9. The molecule has 0 spiro atoms. The molecular weight excluding hydrogens is 274 g/mol. The second kappa shape index (κ2) is 5.52. The Labute approximate surface area is 120 Å². The molecule has 1 heterocycles. The van der Waals surface area contributed by atoms with Gasteiger partial charge >= 0.3 is 0 Å². The van der Waals surface area contributed by atoms with Gasteiger partial charge in [-0.3, -0.25) is 0 Å². The number of nitrogens with one attached hydrogen (secondary N) is 1. The molecule has 1 aliphatic rings. The summed E-state index contributed by atoms with van der Waals surface area (Å²) >= 11 is 0. The average molecular weight is 293 g/mol. The van der Waals surface area contributed by atoms with E-state index in [1.807, 2.05) is 13.8 Å². The molecule has 0 aromatic heterocycles. The second-order valence-corrected chi connectivity index (χ2v) is 7.21. The molecule has 0 amide bonds. The van der Waals surface area contributed by atoms with E-state index in [4.69, 9.17) is 5.26 Å². The molecule has 108 valence electrons. The van der Waals surface area contributed by atoms with Gasteiger partial charge in [0.2, 0.25) is 10.0 Å². The van der Waals surface area contributed by atoms with Gasteiger partial charge in [-0.2, -0.15) is 9.57 Å². The third kappa shape index (κ3) is 2.70. The van der Waals surface area contributed by atoms with E-state index in [-0.39, 0.29) is 17.0 Å². The normalized spacial score (nSPS) is 24.3. The Balaban J connectivity index is 2.39. The summed E-state index contributed by atoms with van der Waals surface area (Å²) in [5.41, 5.74) is 1.19. The van der Waals surface area contributed by atoms with Crippen LogP contribution in [-0.2, 0) is 10.0 Å². The highest BCUT2D eigenvalue weighted by Gasteiger charge is 2.33. The third-order valence-electron chi connectivity index (χ3n) is 3.63. The predicted molar refractivity (Wildman–Crippen MR) is 76.7 cm³/mol. The van der Waals surface area contributed by atoms with Crippen molar-refractivity contribution in [2.75, 3.05) is 13.1 Å². The molecular formula is C14H19N3O2S. The van der Waals surface area contributed by atoms with Crippen LogP contribution >= 0.6 is 0 Å². The number of aryl methyl sites for hydroxylation is 1. The van der Waals surface area contributed by atoms with E-state index in [2.05, 4.69) is 11.4 Å². The summed E-state index contributed by atoms with van der Waals surface area (Å²) in [6, 6.07) is 6.77. The fraction of sp³-hybridized carbons (Fsp3) is 0.500. The highest BCUT2D eigenvalue weighted by molar-refractivity contribution is 7.89. The molecule has 1 N–H and O–H groups in total. The van der Waals surface area contributed by atoms with Gasteiger partial charge in [-0.25, -0.2) is 8.42 Å². The van der Waals surface area contributed by atoms with Gasteiger partial charge < -0.3 is 5.32 Å². The van der Waals surface area contributed by atoms with Gasteiger partial charge in [0.1, 0.15) is 0 Å². The van der Waals surface area contributed by atoms with E-state index in [0.29, 0.717) is 24.2 Å². The fourth-order valence-electron chi connectivity index (χ4n) is 2.38. The quantitative estimate of drug-likeness (QED) is 0.890. The monoisotopic (exact) mass is 293 g/mol. The molecule has 20 heavy (non-hydrogen) atoms. The van der Waals surface area contributed by atoms with Crippen LogP contribution in [0.25, 0.3) is 0 Å². The van der Waals surface area contributed by atoms with E-state index in [1.54, 1.807) is 19.1 Å². The van der Waals surface area contributed by atoms with Gasteiger partial charge in [-0.15, -0.1) is 0 Å². The molecule has 1 aromatic rings. The first-order chi connectivity index (χ1) is 9.36. The number of benzene rings is 1. The lowest BCUT2D eigenvalue weighted by atomic mass is 10.1. The van der Waals surface area contributed by atoms with Gasteiger partial charge in [-0.1, -0.05) is 0 Å². The van der Waals surface area contributed by atoms with Crippen LogP contribution in [0.4, 0.5) is 0 Å². The van der Waals surface area contributed by atoms with Crippen LogP contribution in [-0.4, -0.2) is 37.9 Å². The first kappa shape index (κ1) is 15.0. The number of hydrogen-bond acceptors (Lipinski definition) is 4. The molecule has 2 atom stereocenters. The minimum Gasteiger partial charge on any atom is -0.311 e. The Morgan fingerprint density at radius 1 is 1.40 bits per heavy atom. The molecule has 0 aliphatic carbocycles. The summed E-state index contributed by atoms with van der Waals surface area (Å²) in [5.74, 6) is 0. The van der Waals surface area contributed by atoms with E-state index in [9.17, 15) is 8.42 Å². The SMILES string of the molecule is Cc1cc(S(=O)(=O)N2CC(C)NCC2C)ccc1C#N. The number of piperazine rings is 1. The summed E-state index contributed by atoms with van der Waals surface area (Å²) in [6.07, 6.45) is 0. The number of nitrogens with zero attached hydrogens (tertiary/aromatic N) is 2. The molecule has 2 rings (SSSR count). The summed E-state index contributed by atoms with van der Waals surface area (Å²) in [7, 11) is -3.51. The maximum absolute atomic E-state index is 12.7. The van der Waals surface area contributed by atoms with Gasteiger partial charge in [0.15, 0.2) is 0 Å². The van der Waals surface area contributed by atoms with Crippen molar-refractivity contribution in [3.63, 3.8) is 0 Å². The maximum atomic E-state index is 12.7. The largest absolute Gasteiger partial charge is 0.311 e. The summed E-state index contributed by atoms with van der Waals surface area (Å²) in [4.78, 5) is 0.259. The molecule has 0 bridgehead atoms. The van der Waals surface area contributed by atoms with Crippen LogP contribution in [0.1, 0.15) is 25.0 Å². The van der Waals surface area contributed by atoms with Crippen molar-refractivity contribution in [1.29, 1.82) is 5.26 Å². The van der Waals surface area contributed by atoms with E-state index >= 15 is 0 Å². The Morgan fingerprint density at radius 3 is 2.70 bits per heavy atom. The standard InChI is InChI=1S/C14H19N3O2S/c1-10-6-14(5-4-13(10)7-15)20(18,19)17-9-11(2)16-8-12(17)3/h4-6,11-12,16H,8-9H2,1-3H3. The molecule has 2 unspecified atom stereocenters. The van der Waals surface area contributed by atoms with Crippen molar-refractivity contribution in [1.82, 2.24) is 9.62 Å². The molecule has 0 saturated carbocycles. The highest BCUT2D eigenvalue weighted by atomic mass is 32.2. The lowest BCUT2D eigenvalue weighted by Crippen LogP contribution is -2.56. The van der Waals surface area contributed by atoms with E-state index in [0.717, 1.165) is 0 Å². The van der Waals surface area contributed by atoms with Crippen molar-refractivity contribution in [2.45, 2.75) is 37.8 Å². The second-order valence-electron chi connectivity index (χ2n) is 5.32. The van der Waals surface area contributed by atoms with Crippen LogP contribution in [0.2, 0.25) is 0 Å². The van der Waals surface area contributed by atoms with Crippen LogP contribution in [0, 0.1) is 18.3 Å². The molecule has 1 aliphatic heterocycles. The van der Waals surface area contributed by atoms with Crippen LogP contribution in [0.3, 0.4) is 0 Å². The van der Waals surface area contributed by atoms with Crippen molar-refractivity contribution in [3.05, 3.63) is 29.3 Å². The number of hydrogen-bond donors (Lipinski definition) is 1. The summed E-state index contributed by atoms with van der Waals surface area (Å²) in [5, 5.41) is 12.2. The smallest absolute Gasteiger partial charge is 0.243 e. The zero-order valence-electron chi connectivity index (χ0n) is 11.9. The van der Waals surface area contributed by atoms with Crippen LogP contribution in [0.5, 0.6) is 0 Å². The number of rotatable bonds is 2. The third-order valence-corrected chi connectivity index (χ3v) is 5.61. The minimum atomic E-state index is -3.51. The minimum absolute atomic E-state index is 0.0767. The molecule has 0 radical (unpaired) electrons. The van der Waals surface area contributed by atoms with Gasteiger partial charge in [0.25, 0.3) is 0 Å². The predicted octanol–water partition coefficient (Wildman–Crippen LogP) is 1.24. The summed E-state index contributed by atoms with van der Waals surface area (Å²) in [6.45, 7) is 6.73. The van der Waals surface area contributed by atoms with E-state index < -0.39 is 10.0 Å². The first-order valence-corrected chi connectivity index (χ1v) is 8.06. The van der Waals surface area contributed by atoms with Crippen molar-refractivity contribution in [3.8, 4) is 6.07 Å². The Bertz CT molecular complexity index is 649. The Kier molecular flexibility index (Phi) is 4.14. The first-order valence-electron chi connectivity index (χ1n) is 6.62. The van der Waals surface area contributed by atoms with Crippen LogP contribution < -0.4 is 5.32 Å². The maximum Gasteiger partial charge on any atom is 0.243 e. The van der Waals surface area contributed by atoms with Gasteiger partial charge in [0.05, 0.1) is 16.5 Å². The molecule has 1 saturated heterocycles. The van der Waals surface area contributed by atoms with Crippen molar-refractivity contribution < 1.29 is 8.42 Å². The molecule has 1 aromatic carbocycles. The number of sulfonamides is 1. The van der Waals surface area contributed by atoms with Crippen molar-refractivity contribution >= 4 is 10.0 Å². The summed E-state index contributed by atoms with van der Waals surface area (Å²) < 4.78 is 27.0. The average Bonchev–Trinajstić information content (AvgIpc) is 2.41. The molecule has 5 nitrogen and oxygen atoms in total. The van der Waals surface area contributed by atoms with Crippen molar-refractivity contribution in [2.24, 2.45) is 0 Å². The highest BCUT2D eigenvalue weighted by Crippen LogP contribution is 2.22. The molecule has 6 heteroatoms. The van der Waals surface area contributed by atoms with E-state index in [1.165, 1.54) is 10.4 Å². The number of nitriles is 1. The molecule has 1 fully saturated rings. The van der Waals surface area contributed by atoms with Gasteiger partial charge in [-0.05, 0) is 44.5 Å². The lowest BCUT2D eigenvalue weighted by molar-refractivity contribution is 0.244. The fourth-order valence-corrected chi connectivity index (χ4v) is 4.19. The Hall–Kier alpha value is -1.42.